The Balaban J connectivity index is 2.35. The van der Waals surface area contributed by atoms with E-state index in [1.54, 1.807) is 0 Å². The number of H-pyrrole nitrogens is 1. The van der Waals surface area contributed by atoms with Crippen LogP contribution in [-0.2, 0) is 11.3 Å². The van der Waals surface area contributed by atoms with Crippen molar-refractivity contribution in [1.82, 2.24) is 20.5 Å². The molecular formula is C8H15N5O. The molecule has 1 aromatic heterocycles. The van der Waals surface area contributed by atoms with E-state index in [4.69, 9.17) is 5.73 Å². The van der Waals surface area contributed by atoms with Gasteiger partial charge in [-0.3, -0.25) is 9.89 Å². The van der Waals surface area contributed by atoms with Gasteiger partial charge < -0.3 is 11.1 Å². The van der Waals surface area contributed by atoms with E-state index in [1.807, 2.05) is 13.8 Å². The molecule has 0 fully saturated rings. The molecule has 78 valence electrons. The molecule has 0 saturated heterocycles. The van der Waals surface area contributed by atoms with Crippen LogP contribution in [0.4, 0.5) is 0 Å². The van der Waals surface area contributed by atoms with Crippen molar-refractivity contribution in [2.24, 2.45) is 11.7 Å². The van der Waals surface area contributed by atoms with Crippen LogP contribution in [0, 0.1) is 5.92 Å². The zero-order valence-corrected chi connectivity index (χ0v) is 8.32. The average Bonchev–Trinajstić information content (AvgIpc) is 2.65. The van der Waals surface area contributed by atoms with Gasteiger partial charge in [-0.05, 0) is 5.92 Å². The van der Waals surface area contributed by atoms with Crippen LogP contribution in [0.25, 0.3) is 0 Å². The van der Waals surface area contributed by atoms with E-state index < -0.39 is 6.04 Å². The lowest BCUT2D eigenvalue weighted by atomic mass is 10.1. The fourth-order valence-electron chi connectivity index (χ4n) is 0.907. The van der Waals surface area contributed by atoms with Crippen LogP contribution in [0.5, 0.6) is 0 Å². The maximum absolute atomic E-state index is 11.4. The third kappa shape index (κ3) is 2.81. The van der Waals surface area contributed by atoms with E-state index in [-0.39, 0.29) is 11.8 Å². The lowest BCUT2D eigenvalue weighted by molar-refractivity contribution is -0.123. The molecule has 0 aromatic carbocycles. The van der Waals surface area contributed by atoms with Gasteiger partial charge in [0.25, 0.3) is 0 Å². The molecule has 14 heavy (non-hydrogen) atoms. The van der Waals surface area contributed by atoms with Crippen LogP contribution in [0.3, 0.4) is 0 Å². The number of hydrogen-bond donors (Lipinski definition) is 3. The first-order valence-corrected chi connectivity index (χ1v) is 4.48. The summed E-state index contributed by atoms with van der Waals surface area (Å²) in [6.45, 7) is 4.14. The van der Waals surface area contributed by atoms with Gasteiger partial charge in [-0.15, -0.1) is 0 Å². The summed E-state index contributed by atoms with van der Waals surface area (Å²) in [5, 5.41) is 8.97. The second kappa shape index (κ2) is 4.71. The van der Waals surface area contributed by atoms with Crippen LogP contribution in [0.1, 0.15) is 19.7 Å². The Hall–Kier alpha value is -1.43. The first-order valence-electron chi connectivity index (χ1n) is 4.48. The van der Waals surface area contributed by atoms with Crippen LogP contribution >= 0.6 is 0 Å². The molecule has 1 amide bonds. The van der Waals surface area contributed by atoms with Gasteiger partial charge in [-0.25, -0.2) is 4.98 Å². The summed E-state index contributed by atoms with van der Waals surface area (Å²) in [6, 6.07) is -0.474. The van der Waals surface area contributed by atoms with E-state index in [1.165, 1.54) is 6.33 Å². The molecule has 0 unspecified atom stereocenters. The zero-order chi connectivity index (χ0) is 10.6. The summed E-state index contributed by atoms with van der Waals surface area (Å²) in [4.78, 5) is 15.3. The number of carbonyl (C=O) groups is 1. The molecule has 4 N–H and O–H groups in total. The highest BCUT2D eigenvalue weighted by Crippen LogP contribution is 1.98. The number of nitrogens with one attached hydrogen (secondary N) is 2. The lowest BCUT2D eigenvalue weighted by Gasteiger charge is -2.14. The molecule has 0 aliphatic rings. The molecule has 0 saturated carbocycles. The van der Waals surface area contributed by atoms with Crippen molar-refractivity contribution in [3.8, 4) is 0 Å². The average molecular weight is 197 g/mol. The summed E-state index contributed by atoms with van der Waals surface area (Å²) >= 11 is 0. The van der Waals surface area contributed by atoms with Crippen LogP contribution in [-0.4, -0.2) is 27.1 Å². The highest BCUT2D eigenvalue weighted by Gasteiger charge is 2.16. The second-order valence-corrected chi connectivity index (χ2v) is 3.42. The number of hydrogen-bond acceptors (Lipinski definition) is 4. The molecule has 0 bridgehead atoms. The first kappa shape index (κ1) is 10.6. The largest absolute Gasteiger partial charge is 0.347 e. The van der Waals surface area contributed by atoms with Crippen molar-refractivity contribution >= 4 is 5.91 Å². The molecule has 1 heterocycles. The Morgan fingerprint density at radius 1 is 1.71 bits per heavy atom. The molecule has 6 heteroatoms. The van der Waals surface area contributed by atoms with Gasteiger partial charge in [0, 0.05) is 0 Å². The first-order chi connectivity index (χ1) is 6.61. The summed E-state index contributed by atoms with van der Waals surface area (Å²) < 4.78 is 0. The van der Waals surface area contributed by atoms with Gasteiger partial charge in [-0.1, -0.05) is 13.8 Å². The number of rotatable bonds is 4. The molecule has 1 rings (SSSR count). The standard InChI is InChI=1S/C8H15N5O/c1-5(2)7(9)8(14)10-3-6-11-4-12-13-6/h4-5,7H,3,9H2,1-2H3,(H,10,14)(H,11,12,13)/t7-/m0/s1. The van der Waals surface area contributed by atoms with Gasteiger partial charge in [0.05, 0.1) is 12.6 Å². The molecule has 6 nitrogen and oxygen atoms in total. The highest BCUT2D eigenvalue weighted by molar-refractivity contribution is 5.81. The molecule has 1 atom stereocenters. The summed E-state index contributed by atoms with van der Waals surface area (Å²) in [5.74, 6) is 0.579. The van der Waals surface area contributed by atoms with Gasteiger partial charge in [0.2, 0.25) is 5.91 Å². The van der Waals surface area contributed by atoms with E-state index in [0.29, 0.717) is 12.4 Å². The minimum Gasteiger partial charge on any atom is -0.347 e. The maximum Gasteiger partial charge on any atom is 0.237 e. The normalized spacial score (nSPS) is 12.9. The van der Waals surface area contributed by atoms with E-state index in [0.717, 1.165) is 0 Å². The Kier molecular flexibility index (Phi) is 3.58. The number of nitrogens with zero attached hydrogens (tertiary/aromatic N) is 2. The molecule has 0 aliphatic carbocycles. The minimum atomic E-state index is -0.474. The Morgan fingerprint density at radius 2 is 2.43 bits per heavy atom. The number of amides is 1. The van der Waals surface area contributed by atoms with Crippen LogP contribution in [0.15, 0.2) is 6.33 Å². The van der Waals surface area contributed by atoms with Crippen molar-refractivity contribution in [2.45, 2.75) is 26.4 Å². The van der Waals surface area contributed by atoms with Crippen LogP contribution in [0.2, 0.25) is 0 Å². The molecular weight excluding hydrogens is 182 g/mol. The number of aromatic nitrogens is 3. The van der Waals surface area contributed by atoms with Crippen molar-refractivity contribution < 1.29 is 4.79 Å². The highest BCUT2D eigenvalue weighted by atomic mass is 16.2. The number of aromatic amines is 1. The summed E-state index contributed by atoms with van der Waals surface area (Å²) in [5.41, 5.74) is 5.64. The Morgan fingerprint density at radius 3 is 2.93 bits per heavy atom. The van der Waals surface area contributed by atoms with Crippen molar-refractivity contribution in [2.75, 3.05) is 0 Å². The summed E-state index contributed by atoms with van der Waals surface area (Å²) in [6.07, 6.45) is 1.39. The van der Waals surface area contributed by atoms with Crippen molar-refractivity contribution in [3.05, 3.63) is 12.2 Å². The van der Waals surface area contributed by atoms with Gasteiger partial charge in [-0.2, -0.15) is 5.10 Å². The SMILES string of the molecule is CC(C)[C@H](N)C(=O)NCc1ncn[nH]1. The second-order valence-electron chi connectivity index (χ2n) is 3.42. The molecule has 0 aliphatic heterocycles. The topological polar surface area (TPSA) is 96.7 Å². The minimum absolute atomic E-state index is 0.129. The Labute approximate surface area is 82.3 Å². The van der Waals surface area contributed by atoms with Gasteiger partial charge in [0.15, 0.2) is 0 Å². The quantitative estimate of drug-likeness (QED) is 0.600. The third-order valence-corrected chi connectivity index (χ3v) is 1.92. The molecule has 0 spiro atoms. The molecule has 0 radical (unpaired) electrons. The predicted octanol–water partition coefficient (Wildman–Crippen LogP) is -0.596. The number of carbonyl (C=O) groups excluding carboxylic acids is 1. The van der Waals surface area contributed by atoms with E-state index in [2.05, 4.69) is 20.5 Å². The molecule has 1 aromatic rings. The van der Waals surface area contributed by atoms with Gasteiger partial charge >= 0.3 is 0 Å². The monoisotopic (exact) mass is 197 g/mol. The van der Waals surface area contributed by atoms with Crippen LogP contribution < -0.4 is 11.1 Å². The fraction of sp³-hybridized carbons (Fsp3) is 0.625. The van der Waals surface area contributed by atoms with Crippen molar-refractivity contribution in [1.29, 1.82) is 0 Å². The fourth-order valence-corrected chi connectivity index (χ4v) is 0.907. The Bertz CT molecular complexity index is 282. The van der Waals surface area contributed by atoms with Crippen molar-refractivity contribution in [3.63, 3.8) is 0 Å². The number of nitrogens with two attached hydrogens (primary N) is 1. The summed E-state index contributed by atoms with van der Waals surface area (Å²) in [7, 11) is 0. The smallest absolute Gasteiger partial charge is 0.237 e. The van der Waals surface area contributed by atoms with E-state index in [9.17, 15) is 4.79 Å². The zero-order valence-electron chi connectivity index (χ0n) is 8.32. The lowest BCUT2D eigenvalue weighted by Crippen LogP contribution is -2.43. The third-order valence-electron chi connectivity index (χ3n) is 1.92. The predicted molar refractivity (Wildman–Crippen MR) is 51.0 cm³/mol. The maximum atomic E-state index is 11.4. The van der Waals surface area contributed by atoms with Gasteiger partial charge in [0.1, 0.15) is 12.2 Å². The van der Waals surface area contributed by atoms with E-state index >= 15 is 0 Å².